The Morgan fingerprint density at radius 2 is 1.89 bits per heavy atom. The molecule has 2 aromatic rings. The molecule has 2 aromatic carbocycles. The molecule has 0 bridgehead atoms. The molecule has 1 heterocycles. The minimum Gasteiger partial charge on any atom is -0.366 e. The van der Waals surface area contributed by atoms with Gasteiger partial charge < -0.3 is 10.0 Å². The van der Waals surface area contributed by atoms with Crippen LogP contribution in [-0.2, 0) is 22.3 Å². The molecule has 11 heteroatoms. The molecule has 0 amide bonds. The highest BCUT2D eigenvalue weighted by Crippen LogP contribution is 2.42. The zero-order chi connectivity index (χ0) is 19.8. The Morgan fingerprint density at radius 1 is 1.25 bits per heavy atom. The number of benzene rings is 2. The van der Waals surface area contributed by atoms with Gasteiger partial charge in [-0.3, -0.25) is 4.99 Å². The van der Waals surface area contributed by atoms with Gasteiger partial charge in [0.1, 0.15) is 4.90 Å². The van der Waals surface area contributed by atoms with Crippen molar-refractivity contribution in [2.45, 2.75) is 17.2 Å². The number of hydrogen-bond donors (Lipinski definition) is 2. The number of amidine groups is 1. The molecule has 3 rings (SSSR count). The van der Waals surface area contributed by atoms with Crippen LogP contribution in [0.4, 0.5) is 0 Å². The normalized spacial score (nSPS) is 21.0. The predicted octanol–water partition coefficient (Wildman–Crippen LogP) is 3.60. The maximum Gasteiger partial charge on any atom is 0.239 e. The molecule has 0 aromatic heterocycles. The summed E-state index contributed by atoms with van der Waals surface area (Å²) in [5.74, 6) is 0.225. The topological polar surface area (TPSA) is 96.0 Å². The summed E-state index contributed by atoms with van der Waals surface area (Å²) < 4.78 is 23.5. The SMILES string of the molecule is Br.CN1C(=NCc2ccccc2)SCC1(O)c1cc(S(N)(=O)=O)c(Cl)cc1Cl. The van der Waals surface area contributed by atoms with Crippen molar-refractivity contribution in [3.63, 3.8) is 0 Å². The maximum atomic E-state index is 11.8. The second-order valence-electron chi connectivity index (χ2n) is 6.06. The zero-order valence-corrected chi connectivity index (χ0v) is 19.5. The van der Waals surface area contributed by atoms with Gasteiger partial charge in [-0.05, 0) is 17.7 Å². The van der Waals surface area contributed by atoms with Crippen molar-refractivity contribution in [2.24, 2.45) is 10.1 Å². The van der Waals surface area contributed by atoms with Crippen LogP contribution in [0.5, 0.6) is 0 Å². The summed E-state index contributed by atoms with van der Waals surface area (Å²) in [6.45, 7) is 0.459. The lowest BCUT2D eigenvalue weighted by molar-refractivity contribution is -0.0349. The van der Waals surface area contributed by atoms with Crippen molar-refractivity contribution in [1.82, 2.24) is 4.90 Å². The number of thioether (sulfide) groups is 1. The molecule has 1 saturated heterocycles. The van der Waals surface area contributed by atoms with E-state index in [9.17, 15) is 13.5 Å². The molecule has 0 radical (unpaired) electrons. The Hall–Kier alpha value is -0.810. The van der Waals surface area contributed by atoms with Gasteiger partial charge in [0.05, 0.1) is 22.3 Å². The van der Waals surface area contributed by atoms with Crippen LogP contribution in [0.25, 0.3) is 0 Å². The lowest BCUT2D eigenvalue weighted by Crippen LogP contribution is -2.42. The van der Waals surface area contributed by atoms with Crippen molar-refractivity contribution in [3.8, 4) is 0 Å². The van der Waals surface area contributed by atoms with Crippen molar-refractivity contribution < 1.29 is 13.5 Å². The number of nitrogens with two attached hydrogens (primary N) is 1. The number of primary sulfonamides is 1. The van der Waals surface area contributed by atoms with Gasteiger partial charge in [0.2, 0.25) is 10.0 Å². The van der Waals surface area contributed by atoms with Crippen LogP contribution in [0.3, 0.4) is 0 Å². The van der Waals surface area contributed by atoms with E-state index in [0.717, 1.165) is 5.56 Å². The molecule has 1 atom stereocenters. The summed E-state index contributed by atoms with van der Waals surface area (Å²) in [5.41, 5.74) is -0.297. The van der Waals surface area contributed by atoms with Gasteiger partial charge in [-0.2, -0.15) is 0 Å². The number of rotatable bonds is 4. The molecule has 0 spiro atoms. The molecule has 0 saturated carbocycles. The molecule has 3 N–H and O–H groups in total. The van der Waals surface area contributed by atoms with E-state index in [4.69, 9.17) is 28.3 Å². The number of aliphatic imine (C=N–C) groups is 1. The van der Waals surface area contributed by atoms with Gasteiger partial charge >= 0.3 is 0 Å². The van der Waals surface area contributed by atoms with Crippen LogP contribution >= 0.6 is 51.9 Å². The van der Waals surface area contributed by atoms with Gasteiger partial charge in [-0.25, -0.2) is 13.6 Å². The van der Waals surface area contributed by atoms with Crippen LogP contribution in [0, 0.1) is 0 Å². The van der Waals surface area contributed by atoms with Crippen LogP contribution < -0.4 is 5.14 Å². The molecule has 152 valence electrons. The van der Waals surface area contributed by atoms with E-state index in [1.165, 1.54) is 23.9 Å². The quantitative estimate of drug-likeness (QED) is 0.634. The third kappa shape index (κ3) is 4.67. The minimum atomic E-state index is -4.06. The summed E-state index contributed by atoms with van der Waals surface area (Å²) in [6, 6.07) is 12.2. The Bertz CT molecular complexity index is 1010. The first-order valence-electron chi connectivity index (χ1n) is 7.82. The van der Waals surface area contributed by atoms with Gasteiger partial charge in [-0.15, -0.1) is 17.0 Å². The molecule has 1 aliphatic rings. The highest BCUT2D eigenvalue weighted by atomic mass is 79.9. The van der Waals surface area contributed by atoms with Crippen molar-refractivity contribution >= 4 is 67.1 Å². The fourth-order valence-electron chi connectivity index (χ4n) is 2.72. The molecular weight excluding hydrogens is 509 g/mol. The lowest BCUT2D eigenvalue weighted by Gasteiger charge is -2.32. The van der Waals surface area contributed by atoms with Crippen molar-refractivity contribution in [1.29, 1.82) is 0 Å². The number of aliphatic hydroxyl groups is 1. The second kappa shape index (κ2) is 8.91. The molecule has 1 aliphatic heterocycles. The largest absolute Gasteiger partial charge is 0.366 e. The van der Waals surface area contributed by atoms with E-state index in [1.54, 1.807) is 11.9 Å². The standard InChI is InChI=1S/C17H17Cl2N3O3S2.BrH/c1-22-16(21-9-11-5-3-2-4-6-11)26-10-17(22,23)12-7-15(27(20,24)25)14(19)8-13(12)18;/h2-8,23H,9-10H2,1H3,(H2,20,24,25);1H. The smallest absolute Gasteiger partial charge is 0.239 e. The summed E-state index contributed by atoms with van der Waals surface area (Å²) in [4.78, 5) is 5.83. The Balaban J connectivity index is 0.00000280. The minimum absolute atomic E-state index is 0. The number of halogens is 3. The number of sulfonamides is 1. The van der Waals surface area contributed by atoms with E-state index in [0.29, 0.717) is 11.7 Å². The molecule has 28 heavy (non-hydrogen) atoms. The Labute approximate surface area is 188 Å². The number of hydrogen-bond acceptors (Lipinski definition) is 5. The van der Waals surface area contributed by atoms with E-state index in [1.807, 2.05) is 30.3 Å². The zero-order valence-electron chi connectivity index (χ0n) is 14.7. The van der Waals surface area contributed by atoms with Gasteiger partial charge in [0, 0.05) is 12.6 Å². The summed E-state index contributed by atoms with van der Waals surface area (Å²) >= 11 is 13.6. The summed E-state index contributed by atoms with van der Waals surface area (Å²) in [5, 5.41) is 17.1. The average Bonchev–Trinajstić information content (AvgIpc) is 2.88. The van der Waals surface area contributed by atoms with E-state index < -0.39 is 15.7 Å². The monoisotopic (exact) mass is 525 g/mol. The van der Waals surface area contributed by atoms with Gasteiger partial charge in [-0.1, -0.05) is 65.3 Å². The molecular formula is C17H18BrCl2N3O3S2. The summed E-state index contributed by atoms with van der Waals surface area (Å²) in [6.07, 6.45) is 0. The van der Waals surface area contributed by atoms with Crippen molar-refractivity contribution in [3.05, 3.63) is 63.6 Å². The van der Waals surface area contributed by atoms with E-state index >= 15 is 0 Å². The van der Waals surface area contributed by atoms with Crippen LogP contribution in [-0.4, -0.2) is 36.4 Å². The first kappa shape index (κ1) is 23.5. The first-order valence-corrected chi connectivity index (χ1v) is 11.1. The van der Waals surface area contributed by atoms with Crippen LogP contribution in [0.1, 0.15) is 11.1 Å². The molecule has 0 aliphatic carbocycles. The molecule has 1 fully saturated rings. The predicted molar refractivity (Wildman–Crippen MR) is 120 cm³/mol. The van der Waals surface area contributed by atoms with Gasteiger partial charge in [0.25, 0.3) is 0 Å². The third-order valence-electron chi connectivity index (χ3n) is 4.24. The fraction of sp³-hybridized carbons (Fsp3) is 0.235. The third-order valence-corrected chi connectivity index (χ3v) is 7.14. The Kier molecular flexibility index (Phi) is 7.47. The second-order valence-corrected chi connectivity index (χ2v) is 9.34. The fourth-order valence-corrected chi connectivity index (χ4v) is 5.37. The van der Waals surface area contributed by atoms with Crippen molar-refractivity contribution in [2.75, 3.05) is 12.8 Å². The van der Waals surface area contributed by atoms with E-state index in [2.05, 4.69) is 4.99 Å². The van der Waals surface area contributed by atoms with Gasteiger partial charge in [0.15, 0.2) is 10.9 Å². The average molecular weight is 527 g/mol. The first-order chi connectivity index (χ1) is 12.6. The number of nitrogens with zero attached hydrogens (tertiary/aromatic N) is 2. The van der Waals surface area contributed by atoms with E-state index in [-0.39, 0.29) is 43.2 Å². The van der Waals surface area contributed by atoms with Crippen LogP contribution in [0.15, 0.2) is 52.4 Å². The Morgan fingerprint density at radius 3 is 2.50 bits per heavy atom. The highest BCUT2D eigenvalue weighted by Gasteiger charge is 2.44. The highest BCUT2D eigenvalue weighted by molar-refractivity contribution is 8.93. The summed E-state index contributed by atoms with van der Waals surface area (Å²) in [7, 11) is -2.39. The van der Waals surface area contributed by atoms with Crippen LogP contribution in [0.2, 0.25) is 10.0 Å². The maximum absolute atomic E-state index is 11.8. The lowest BCUT2D eigenvalue weighted by atomic mass is 10.0. The molecule has 6 nitrogen and oxygen atoms in total. The molecule has 1 unspecified atom stereocenters.